The van der Waals surface area contributed by atoms with Crippen molar-refractivity contribution in [1.29, 1.82) is 0 Å². The van der Waals surface area contributed by atoms with E-state index in [0.29, 0.717) is 0 Å². The van der Waals surface area contributed by atoms with Gasteiger partial charge in [0.05, 0.1) is 6.10 Å². The van der Waals surface area contributed by atoms with Gasteiger partial charge in [-0.3, -0.25) is 9.59 Å². The summed E-state index contributed by atoms with van der Waals surface area (Å²) in [6.07, 6.45) is 0.427. The molecule has 4 rings (SSSR count). The molecule has 160 valence electrons. The average Bonchev–Trinajstić information content (AvgIpc) is 2.86. The molecule has 0 bridgehead atoms. The van der Waals surface area contributed by atoms with Gasteiger partial charge < -0.3 is 15.3 Å². The van der Waals surface area contributed by atoms with E-state index in [9.17, 15) is 24.9 Å². The van der Waals surface area contributed by atoms with Crippen molar-refractivity contribution < 1.29 is 33.7 Å². The van der Waals surface area contributed by atoms with E-state index < -0.39 is 70.3 Å². The molecule has 3 saturated carbocycles. The van der Waals surface area contributed by atoms with Crippen LogP contribution in [-0.2, 0) is 9.59 Å². The molecule has 3 unspecified atom stereocenters. The Morgan fingerprint density at radius 1 is 1.28 bits per heavy atom. The Morgan fingerprint density at radius 3 is 2.55 bits per heavy atom. The van der Waals surface area contributed by atoms with E-state index in [0.717, 1.165) is 6.08 Å². The summed E-state index contributed by atoms with van der Waals surface area (Å²) in [6, 6.07) is 0. The highest BCUT2D eigenvalue weighted by Gasteiger charge is 2.76. The van der Waals surface area contributed by atoms with Crippen molar-refractivity contribution in [2.45, 2.75) is 63.6 Å². The van der Waals surface area contributed by atoms with Crippen LogP contribution in [-0.4, -0.2) is 57.0 Å². The third-order valence-corrected chi connectivity index (χ3v) is 8.78. The minimum absolute atomic E-state index is 0.0409. The lowest BCUT2D eigenvalue weighted by Crippen LogP contribution is -2.70. The molecule has 0 heterocycles. The number of hydrogen-bond acceptors (Lipinski definition) is 5. The second-order valence-electron chi connectivity index (χ2n) is 9.84. The Labute approximate surface area is 168 Å². The first-order valence-corrected chi connectivity index (χ1v) is 10.2. The zero-order chi connectivity index (χ0) is 21.6. The minimum Gasteiger partial charge on any atom is -0.390 e. The molecule has 0 aromatic heterocycles. The van der Waals surface area contributed by atoms with Gasteiger partial charge in [-0.1, -0.05) is 19.9 Å². The molecule has 7 heteroatoms. The zero-order valence-electron chi connectivity index (χ0n) is 16.9. The number of Topliss-reactive ketones (excluding diaryl/α,β-unsaturated/α-hetero) is 1. The molecule has 29 heavy (non-hydrogen) atoms. The molecule has 0 saturated heterocycles. The molecular formula is C22H28F2O5. The molecule has 0 amide bonds. The molecule has 4 aliphatic rings. The van der Waals surface area contributed by atoms with E-state index in [1.807, 2.05) is 0 Å². The predicted octanol–water partition coefficient (Wildman–Crippen LogP) is 1.84. The molecule has 5 nitrogen and oxygen atoms in total. The maximum Gasteiger partial charge on any atom is 0.190 e. The Balaban J connectivity index is 1.87. The quantitative estimate of drug-likeness (QED) is 0.646. The summed E-state index contributed by atoms with van der Waals surface area (Å²) in [5.74, 6) is -3.24. The minimum atomic E-state index is -2.24. The first-order chi connectivity index (χ1) is 13.4. The maximum atomic E-state index is 16.9. The van der Waals surface area contributed by atoms with Gasteiger partial charge >= 0.3 is 0 Å². The molecule has 0 radical (unpaired) electrons. The average molecular weight is 410 g/mol. The number of aliphatic hydroxyl groups excluding tert-OH is 2. The SMILES string of the molecule is CC1CC2C3C[C@H](F)C4=CC(=O)C=C[C@]4(C)[C@@]3(F)[C@@H](O)C[C@]2(C)[C@@]1(O)C(=O)CO. The molecule has 0 aromatic rings. The monoisotopic (exact) mass is 410 g/mol. The highest BCUT2D eigenvalue weighted by atomic mass is 19.1. The number of carbonyl (C=O) groups excluding carboxylic acids is 2. The van der Waals surface area contributed by atoms with Crippen LogP contribution in [0.3, 0.4) is 0 Å². The summed E-state index contributed by atoms with van der Waals surface area (Å²) in [5, 5.41) is 31.9. The second kappa shape index (κ2) is 6.05. The fourth-order valence-corrected chi connectivity index (χ4v) is 7.25. The zero-order valence-corrected chi connectivity index (χ0v) is 16.9. The second-order valence-corrected chi connectivity index (χ2v) is 9.84. The highest BCUT2D eigenvalue weighted by molar-refractivity contribution is 6.01. The van der Waals surface area contributed by atoms with Crippen LogP contribution in [0.2, 0.25) is 0 Å². The van der Waals surface area contributed by atoms with Crippen LogP contribution in [0.5, 0.6) is 0 Å². The number of aliphatic hydroxyl groups is 3. The molecule has 3 N–H and O–H groups in total. The Kier molecular flexibility index (Phi) is 4.34. The third kappa shape index (κ3) is 2.19. The van der Waals surface area contributed by atoms with Crippen molar-refractivity contribution >= 4 is 11.6 Å². The van der Waals surface area contributed by atoms with E-state index >= 15 is 8.78 Å². The van der Waals surface area contributed by atoms with Crippen LogP contribution in [0, 0.1) is 28.6 Å². The normalized spacial score (nSPS) is 53.7. The fraction of sp³-hybridized carbons (Fsp3) is 0.727. The smallest absolute Gasteiger partial charge is 0.190 e. The molecule has 3 fully saturated rings. The van der Waals surface area contributed by atoms with E-state index in [-0.39, 0.29) is 24.8 Å². The number of carbonyl (C=O) groups is 2. The van der Waals surface area contributed by atoms with Crippen molar-refractivity contribution in [2.24, 2.45) is 28.6 Å². The highest BCUT2D eigenvalue weighted by Crippen LogP contribution is 2.70. The number of halogens is 2. The largest absolute Gasteiger partial charge is 0.390 e. The predicted molar refractivity (Wildman–Crippen MR) is 100 cm³/mol. The van der Waals surface area contributed by atoms with Gasteiger partial charge in [0, 0.05) is 16.7 Å². The van der Waals surface area contributed by atoms with E-state index in [1.165, 1.54) is 19.1 Å². The number of ketones is 2. The summed E-state index contributed by atoms with van der Waals surface area (Å²) in [7, 11) is 0. The van der Waals surface area contributed by atoms with Crippen LogP contribution in [0.25, 0.3) is 0 Å². The van der Waals surface area contributed by atoms with Crippen LogP contribution >= 0.6 is 0 Å². The lowest BCUT2D eigenvalue weighted by atomic mass is 9.44. The Morgan fingerprint density at radius 2 is 1.93 bits per heavy atom. The van der Waals surface area contributed by atoms with Gasteiger partial charge in [0.25, 0.3) is 0 Å². The van der Waals surface area contributed by atoms with Crippen molar-refractivity contribution in [3.8, 4) is 0 Å². The summed E-state index contributed by atoms with van der Waals surface area (Å²) in [6.45, 7) is 3.96. The summed E-state index contributed by atoms with van der Waals surface area (Å²) in [5.41, 5.74) is -6.81. The van der Waals surface area contributed by atoms with Crippen molar-refractivity contribution in [2.75, 3.05) is 6.61 Å². The summed E-state index contributed by atoms with van der Waals surface area (Å²) >= 11 is 0. The molecule has 9 atom stereocenters. The van der Waals surface area contributed by atoms with Crippen molar-refractivity contribution in [1.82, 2.24) is 0 Å². The standard InChI is InChI=1S/C22H28F2O5/c1-11-6-13-14-8-16(23)15-7-12(26)4-5-19(15,2)21(14,24)17(27)9-20(13,3)22(11,29)18(28)10-25/h4-5,7,11,13-14,16-17,25,27,29H,6,8-10H2,1-3H3/t11?,13?,14?,16-,17-,19-,20-,21-,22-/m0/s1. The van der Waals surface area contributed by atoms with Gasteiger partial charge in [-0.25, -0.2) is 8.78 Å². The number of rotatable bonds is 2. The fourth-order valence-electron chi connectivity index (χ4n) is 7.25. The van der Waals surface area contributed by atoms with E-state index in [2.05, 4.69) is 0 Å². The number of allylic oxidation sites excluding steroid dienone is 4. The van der Waals surface area contributed by atoms with Gasteiger partial charge in [-0.2, -0.15) is 0 Å². The number of alkyl halides is 2. The van der Waals surface area contributed by atoms with Crippen molar-refractivity contribution in [3.05, 3.63) is 23.8 Å². The van der Waals surface area contributed by atoms with Crippen LogP contribution < -0.4 is 0 Å². The lowest BCUT2D eigenvalue weighted by Gasteiger charge is -2.63. The van der Waals surface area contributed by atoms with Gasteiger partial charge in [-0.05, 0) is 55.7 Å². The molecule has 0 aromatic carbocycles. The molecular weight excluding hydrogens is 382 g/mol. The summed E-state index contributed by atoms with van der Waals surface area (Å²) < 4.78 is 32.1. The summed E-state index contributed by atoms with van der Waals surface area (Å²) in [4.78, 5) is 24.3. The van der Waals surface area contributed by atoms with Gasteiger partial charge in [0.15, 0.2) is 17.2 Å². The van der Waals surface area contributed by atoms with Crippen LogP contribution in [0.1, 0.15) is 40.0 Å². The van der Waals surface area contributed by atoms with E-state index in [4.69, 9.17) is 0 Å². The van der Waals surface area contributed by atoms with Crippen LogP contribution in [0.15, 0.2) is 23.8 Å². The number of fused-ring (bicyclic) bond motifs is 5. The van der Waals surface area contributed by atoms with Crippen LogP contribution in [0.4, 0.5) is 8.78 Å². The molecule has 0 aliphatic heterocycles. The third-order valence-electron chi connectivity index (χ3n) is 8.78. The first kappa shape index (κ1) is 20.8. The lowest BCUT2D eigenvalue weighted by molar-refractivity contribution is -0.223. The first-order valence-electron chi connectivity index (χ1n) is 10.2. The maximum absolute atomic E-state index is 16.9. The molecule has 0 spiro atoms. The van der Waals surface area contributed by atoms with Gasteiger partial charge in [-0.15, -0.1) is 0 Å². The topological polar surface area (TPSA) is 94.8 Å². The van der Waals surface area contributed by atoms with Gasteiger partial charge in [0.2, 0.25) is 0 Å². The number of hydrogen-bond donors (Lipinski definition) is 3. The molecule has 4 aliphatic carbocycles. The van der Waals surface area contributed by atoms with Crippen molar-refractivity contribution in [3.63, 3.8) is 0 Å². The van der Waals surface area contributed by atoms with Gasteiger partial charge in [0.1, 0.15) is 18.4 Å². The Bertz CT molecular complexity index is 839. The van der Waals surface area contributed by atoms with E-state index in [1.54, 1.807) is 13.8 Å². The Hall–Kier alpha value is -1.44.